The minimum absolute atomic E-state index is 0.144. The number of rotatable bonds is 5. The van der Waals surface area contributed by atoms with Gasteiger partial charge in [-0.05, 0) is 24.3 Å². The average molecular weight is 291 g/mol. The molecule has 0 amide bonds. The van der Waals surface area contributed by atoms with Crippen LogP contribution >= 0.6 is 0 Å². The SMILES string of the molecule is CCC(CC)=NOS(=O)(=O)c1cccc2ccccc12. The monoisotopic (exact) mass is 291 g/mol. The van der Waals surface area contributed by atoms with E-state index in [1.54, 1.807) is 18.2 Å². The highest BCUT2D eigenvalue weighted by molar-refractivity contribution is 7.87. The van der Waals surface area contributed by atoms with Crippen LogP contribution in [0.15, 0.2) is 52.5 Å². The first-order valence-corrected chi connectivity index (χ1v) is 7.96. The van der Waals surface area contributed by atoms with Gasteiger partial charge in [0.1, 0.15) is 4.90 Å². The zero-order chi connectivity index (χ0) is 14.6. The van der Waals surface area contributed by atoms with Crippen LogP contribution in [0.25, 0.3) is 10.8 Å². The van der Waals surface area contributed by atoms with Crippen LogP contribution in [0, 0.1) is 0 Å². The van der Waals surface area contributed by atoms with E-state index < -0.39 is 10.1 Å². The summed E-state index contributed by atoms with van der Waals surface area (Å²) in [5.74, 6) is 0. The molecular formula is C15H17NO3S. The lowest BCUT2D eigenvalue weighted by Gasteiger charge is -2.06. The molecule has 0 spiro atoms. The number of oxime groups is 1. The van der Waals surface area contributed by atoms with Crippen molar-refractivity contribution in [3.05, 3.63) is 42.5 Å². The number of hydrogen-bond donors (Lipinski definition) is 0. The van der Waals surface area contributed by atoms with Crippen molar-refractivity contribution in [3.63, 3.8) is 0 Å². The summed E-state index contributed by atoms with van der Waals surface area (Å²) in [7, 11) is -3.89. The smallest absolute Gasteiger partial charge is 0.265 e. The number of benzene rings is 2. The van der Waals surface area contributed by atoms with Crippen LogP contribution in [0.5, 0.6) is 0 Å². The van der Waals surface area contributed by atoms with Gasteiger partial charge in [-0.3, -0.25) is 4.28 Å². The second-order valence-electron chi connectivity index (χ2n) is 4.37. The van der Waals surface area contributed by atoms with Crippen LogP contribution in [0.1, 0.15) is 26.7 Å². The van der Waals surface area contributed by atoms with Gasteiger partial charge in [-0.1, -0.05) is 55.4 Å². The molecule has 0 fully saturated rings. The van der Waals surface area contributed by atoms with Gasteiger partial charge in [0.05, 0.1) is 5.71 Å². The lowest BCUT2D eigenvalue weighted by atomic mass is 10.1. The molecule has 0 radical (unpaired) electrons. The highest BCUT2D eigenvalue weighted by Gasteiger charge is 2.19. The number of nitrogens with zero attached hydrogens (tertiary/aromatic N) is 1. The summed E-state index contributed by atoms with van der Waals surface area (Å²) in [6.45, 7) is 3.83. The second kappa shape index (κ2) is 6.05. The first-order chi connectivity index (χ1) is 9.58. The zero-order valence-corrected chi connectivity index (χ0v) is 12.4. The van der Waals surface area contributed by atoms with E-state index in [-0.39, 0.29) is 4.90 Å². The van der Waals surface area contributed by atoms with Crippen LogP contribution in [0.3, 0.4) is 0 Å². The van der Waals surface area contributed by atoms with Gasteiger partial charge < -0.3 is 0 Å². The molecule has 2 aromatic carbocycles. The van der Waals surface area contributed by atoms with Gasteiger partial charge in [-0.25, -0.2) is 0 Å². The van der Waals surface area contributed by atoms with Crippen molar-refractivity contribution in [1.29, 1.82) is 0 Å². The summed E-state index contributed by atoms with van der Waals surface area (Å²) >= 11 is 0. The number of hydrogen-bond acceptors (Lipinski definition) is 4. The average Bonchev–Trinajstić information content (AvgIpc) is 2.47. The van der Waals surface area contributed by atoms with Crippen LogP contribution < -0.4 is 0 Å². The fourth-order valence-corrected chi connectivity index (χ4v) is 2.92. The van der Waals surface area contributed by atoms with Gasteiger partial charge in [-0.2, -0.15) is 8.42 Å². The van der Waals surface area contributed by atoms with Gasteiger partial charge >= 0.3 is 10.1 Å². The maximum atomic E-state index is 12.3. The molecule has 0 aliphatic heterocycles. The van der Waals surface area contributed by atoms with Gasteiger partial charge in [0.25, 0.3) is 0 Å². The fourth-order valence-electron chi connectivity index (χ4n) is 1.93. The molecule has 2 aromatic rings. The Labute approximate surface area is 119 Å². The summed E-state index contributed by atoms with van der Waals surface area (Å²) in [4.78, 5) is 0.144. The molecule has 4 nitrogen and oxygen atoms in total. The molecule has 0 aromatic heterocycles. The molecule has 0 atom stereocenters. The minimum atomic E-state index is -3.89. The molecule has 0 bridgehead atoms. The molecule has 0 aliphatic carbocycles. The van der Waals surface area contributed by atoms with Crippen molar-refractivity contribution in [2.45, 2.75) is 31.6 Å². The summed E-state index contributed by atoms with van der Waals surface area (Å²) in [6.07, 6.45) is 1.34. The second-order valence-corrected chi connectivity index (χ2v) is 5.87. The summed E-state index contributed by atoms with van der Waals surface area (Å²) in [5, 5.41) is 5.24. The molecule has 0 aliphatic rings. The van der Waals surface area contributed by atoms with E-state index >= 15 is 0 Å². The van der Waals surface area contributed by atoms with Crippen LogP contribution in [0.4, 0.5) is 0 Å². The Morgan fingerprint density at radius 3 is 2.40 bits per heavy atom. The molecule has 106 valence electrons. The molecule has 0 saturated carbocycles. The van der Waals surface area contributed by atoms with Gasteiger partial charge in [0, 0.05) is 5.39 Å². The summed E-state index contributed by atoms with van der Waals surface area (Å²) in [6, 6.07) is 12.4. The third kappa shape index (κ3) is 2.99. The Morgan fingerprint density at radius 1 is 1.05 bits per heavy atom. The Balaban J connectivity index is 2.45. The molecule has 2 rings (SSSR count). The van der Waals surface area contributed by atoms with Gasteiger partial charge in [0.2, 0.25) is 0 Å². The zero-order valence-electron chi connectivity index (χ0n) is 11.5. The maximum Gasteiger partial charge on any atom is 0.359 e. The third-order valence-corrected chi connectivity index (χ3v) is 4.27. The Kier molecular flexibility index (Phi) is 4.39. The van der Waals surface area contributed by atoms with Crippen LogP contribution in [-0.2, 0) is 14.4 Å². The molecule has 0 saturated heterocycles. The minimum Gasteiger partial charge on any atom is -0.265 e. The van der Waals surface area contributed by atoms with E-state index in [0.717, 1.165) is 5.39 Å². The van der Waals surface area contributed by atoms with Crippen molar-refractivity contribution < 1.29 is 12.7 Å². The van der Waals surface area contributed by atoms with E-state index in [2.05, 4.69) is 5.16 Å². The molecule has 5 heteroatoms. The quantitative estimate of drug-likeness (QED) is 0.623. The Hall–Kier alpha value is -1.88. The van der Waals surface area contributed by atoms with Crippen LogP contribution in [-0.4, -0.2) is 14.1 Å². The van der Waals surface area contributed by atoms with E-state index in [1.165, 1.54) is 6.07 Å². The Morgan fingerprint density at radius 2 is 1.70 bits per heavy atom. The molecule has 20 heavy (non-hydrogen) atoms. The molecule has 0 N–H and O–H groups in total. The van der Waals surface area contributed by atoms with Crippen molar-refractivity contribution in [3.8, 4) is 0 Å². The highest BCUT2D eigenvalue weighted by Crippen LogP contribution is 2.24. The summed E-state index contributed by atoms with van der Waals surface area (Å²) < 4.78 is 29.3. The van der Waals surface area contributed by atoms with E-state index in [9.17, 15) is 8.42 Å². The predicted octanol–water partition coefficient (Wildman–Crippen LogP) is 3.72. The normalized spacial score (nSPS) is 11.3. The molecule has 0 unspecified atom stereocenters. The van der Waals surface area contributed by atoms with Gasteiger partial charge in [0.15, 0.2) is 0 Å². The highest BCUT2D eigenvalue weighted by atomic mass is 32.2. The van der Waals surface area contributed by atoms with Crippen molar-refractivity contribution in [2.75, 3.05) is 0 Å². The fraction of sp³-hybridized carbons (Fsp3) is 0.267. The third-order valence-electron chi connectivity index (χ3n) is 3.10. The van der Waals surface area contributed by atoms with Crippen molar-refractivity contribution >= 4 is 26.6 Å². The number of fused-ring (bicyclic) bond motifs is 1. The standard InChI is InChI=1S/C15H17NO3S/c1-3-13(4-2)16-19-20(17,18)15-11-7-9-12-8-5-6-10-14(12)15/h5-11H,3-4H2,1-2H3. The van der Waals surface area contributed by atoms with E-state index in [4.69, 9.17) is 4.28 Å². The lowest BCUT2D eigenvalue weighted by molar-refractivity contribution is 0.337. The van der Waals surface area contributed by atoms with E-state index in [1.807, 2.05) is 32.0 Å². The molecular weight excluding hydrogens is 274 g/mol. The largest absolute Gasteiger partial charge is 0.359 e. The van der Waals surface area contributed by atoms with E-state index in [0.29, 0.717) is 23.9 Å². The maximum absolute atomic E-state index is 12.3. The van der Waals surface area contributed by atoms with Crippen LogP contribution in [0.2, 0.25) is 0 Å². The summed E-state index contributed by atoms with van der Waals surface area (Å²) in [5.41, 5.74) is 0.716. The first kappa shape index (κ1) is 14.5. The predicted molar refractivity (Wildman–Crippen MR) is 80.2 cm³/mol. The Bertz CT molecular complexity index is 724. The van der Waals surface area contributed by atoms with Crippen molar-refractivity contribution in [1.82, 2.24) is 0 Å². The lowest BCUT2D eigenvalue weighted by Crippen LogP contribution is -2.05. The molecule has 0 heterocycles. The van der Waals surface area contributed by atoms with Gasteiger partial charge in [-0.15, -0.1) is 0 Å². The topological polar surface area (TPSA) is 55.7 Å². The van der Waals surface area contributed by atoms with Crippen molar-refractivity contribution in [2.24, 2.45) is 5.16 Å². The first-order valence-electron chi connectivity index (χ1n) is 6.55.